The van der Waals surface area contributed by atoms with E-state index in [2.05, 4.69) is 15.5 Å². The maximum Gasteiger partial charge on any atom is 0.303 e. The molecule has 0 unspecified atom stereocenters. The predicted octanol–water partition coefficient (Wildman–Crippen LogP) is 1.21. The van der Waals surface area contributed by atoms with Gasteiger partial charge in [-0.1, -0.05) is 0 Å². The molecule has 0 atom stereocenters. The number of tetrazole rings is 1. The molecule has 1 aromatic heterocycles. The van der Waals surface area contributed by atoms with Crippen LogP contribution in [0, 0.1) is 0 Å². The van der Waals surface area contributed by atoms with Gasteiger partial charge < -0.3 is 9.84 Å². The van der Waals surface area contributed by atoms with Gasteiger partial charge in [0.25, 0.3) is 0 Å². The Balaban J connectivity index is 2.11. The van der Waals surface area contributed by atoms with Crippen LogP contribution in [0.4, 0.5) is 0 Å². The van der Waals surface area contributed by atoms with Gasteiger partial charge in [0.05, 0.1) is 7.11 Å². The van der Waals surface area contributed by atoms with E-state index >= 15 is 0 Å². The molecule has 0 aliphatic carbocycles. The van der Waals surface area contributed by atoms with Crippen molar-refractivity contribution in [1.82, 2.24) is 20.2 Å². The number of methoxy groups -OCH3 is 1. The molecular formula is C12H14N4O3. The number of carboxylic acid groups (broad SMARTS) is 1. The minimum absolute atomic E-state index is 0.0991. The number of benzene rings is 1. The molecule has 1 N–H and O–H groups in total. The van der Waals surface area contributed by atoms with Crippen LogP contribution in [0.25, 0.3) is 11.4 Å². The average molecular weight is 262 g/mol. The predicted molar refractivity (Wildman–Crippen MR) is 66.7 cm³/mol. The number of aliphatic carboxylic acids is 1. The van der Waals surface area contributed by atoms with E-state index in [1.54, 1.807) is 11.8 Å². The maximum atomic E-state index is 10.5. The molecule has 0 aliphatic rings. The van der Waals surface area contributed by atoms with Crippen LogP contribution < -0.4 is 4.74 Å². The van der Waals surface area contributed by atoms with E-state index in [1.807, 2.05) is 24.3 Å². The second kappa shape index (κ2) is 5.94. The van der Waals surface area contributed by atoms with Crippen LogP contribution in [-0.4, -0.2) is 38.4 Å². The molecule has 0 saturated carbocycles. The highest BCUT2D eigenvalue weighted by Gasteiger charge is 2.09. The van der Waals surface area contributed by atoms with Crippen molar-refractivity contribution in [3.8, 4) is 17.1 Å². The van der Waals surface area contributed by atoms with Crippen LogP contribution in [0.3, 0.4) is 0 Å². The van der Waals surface area contributed by atoms with Crippen molar-refractivity contribution in [3.05, 3.63) is 24.3 Å². The summed E-state index contributed by atoms with van der Waals surface area (Å²) in [7, 11) is 1.60. The van der Waals surface area contributed by atoms with Crippen molar-refractivity contribution in [2.75, 3.05) is 7.11 Å². The van der Waals surface area contributed by atoms with Gasteiger partial charge in [-0.15, -0.1) is 5.10 Å². The lowest BCUT2D eigenvalue weighted by atomic mass is 10.2. The molecule has 1 heterocycles. The molecule has 2 rings (SSSR count). The van der Waals surface area contributed by atoms with Crippen LogP contribution in [0.1, 0.15) is 12.8 Å². The van der Waals surface area contributed by atoms with Crippen molar-refractivity contribution in [2.24, 2.45) is 0 Å². The highest BCUT2D eigenvalue weighted by Crippen LogP contribution is 2.19. The van der Waals surface area contributed by atoms with Gasteiger partial charge in [-0.2, -0.15) is 0 Å². The zero-order valence-electron chi connectivity index (χ0n) is 10.5. The zero-order chi connectivity index (χ0) is 13.7. The Hall–Kier alpha value is -2.44. The first-order valence-corrected chi connectivity index (χ1v) is 5.83. The third kappa shape index (κ3) is 3.27. The molecule has 19 heavy (non-hydrogen) atoms. The SMILES string of the molecule is COc1ccc(-c2nnnn2CCCC(=O)O)cc1. The van der Waals surface area contributed by atoms with Gasteiger partial charge in [0.1, 0.15) is 5.75 Å². The third-order valence-electron chi connectivity index (χ3n) is 2.64. The molecule has 0 radical (unpaired) electrons. The van der Waals surface area contributed by atoms with E-state index in [1.165, 1.54) is 0 Å². The van der Waals surface area contributed by atoms with E-state index in [4.69, 9.17) is 9.84 Å². The van der Waals surface area contributed by atoms with Gasteiger partial charge in [0.2, 0.25) is 0 Å². The van der Waals surface area contributed by atoms with Crippen molar-refractivity contribution in [3.63, 3.8) is 0 Å². The number of hydrogen-bond donors (Lipinski definition) is 1. The van der Waals surface area contributed by atoms with E-state index in [0.29, 0.717) is 18.8 Å². The Labute approximate surface area is 109 Å². The lowest BCUT2D eigenvalue weighted by molar-refractivity contribution is -0.137. The first-order valence-electron chi connectivity index (χ1n) is 5.83. The van der Waals surface area contributed by atoms with Gasteiger partial charge in [-0.05, 0) is 41.1 Å². The minimum atomic E-state index is -0.820. The quantitative estimate of drug-likeness (QED) is 0.841. The van der Waals surface area contributed by atoms with E-state index in [9.17, 15) is 4.79 Å². The molecule has 100 valence electrons. The standard InChI is InChI=1S/C12H14N4O3/c1-19-10-6-4-9(5-7-10)12-13-14-15-16(12)8-2-3-11(17)18/h4-7H,2-3,8H2,1H3,(H,17,18). The lowest BCUT2D eigenvalue weighted by Gasteiger charge is -2.04. The summed E-state index contributed by atoms with van der Waals surface area (Å²) in [5.74, 6) is 0.556. The van der Waals surface area contributed by atoms with Crippen LogP contribution in [0.5, 0.6) is 5.75 Å². The van der Waals surface area contributed by atoms with Crippen LogP contribution in [0.15, 0.2) is 24.3 Å². The molecule has 7 heteroatoms. The third-order valence-corrected chi connectivity index (χ3v) is 2.64. The normalized spacial score (nSPS) is 10.4. The molecule has 0 bridgehead atoms. The summed E-state index contributed by atoms with van der Waals surface area (Å²) in [6.45, 7) is 0.473. The van der Waals surface area contributed by atoms with Crippen LogP contribution >= 0.6 is 0 Å². The zero-order valence-corrected chi connectivity index (χ0v) is 10.5. The fraction of sp³-hybridized carbons (Fsp3) is 0.333. The summed E-state index contributed by atoms with van der Waals surface area (Å²) in [4.78, 5) is 10.5. The molecule has 2 aromatic rings. The summed E-state index contributed by atoms with van der Waals surface area (Å²) in [6.07, 6.45) is 0.589. The second-order valence-electron chi connectivity index (χ2n) is 3.95. The fourth-order valence-corrected chi connectivity index (χ4v) is 1.68. The molecule has 7 nitrogen and oxygen atoms in total. The van der Waals surface area contributed by atoms with Crippen LogP contribution in [0.2, 0.25) is 0 Å². The molecule has 0 saturated heterocycles. The molecule has 0 spiro atoms. The number of nitrogens with zero attached hydrogens (tertiary/aromatic N) is 4. The lowest BCUT2D eigenvalue weighted by Crippen LogP contribution is -2.05. The molecular weight excluding hydrogens is 248 g/mol. The van der Waals surface area contributed by atoms with E-state index in [0.717, 1.165) is 11.3 Å². The van der Waals surface area contributed by atoms with Crippen molar-refractivity contribution in [2.45, 2.75) is 19.4 Å². The summed E-state index contributed by atoms with van der Waals surface area (Å²) in [6, 6.07) is 7.37. The Morgan fingerprint density at radius 3 is 2.74 bits per heavy atom. The summed E-state index contributed by atoms with van der Waals surface area (Å²) in [5, 5.41) is 20.1. The molecule has 0 fully saturated rings. The first-order chi connectivity index (χ1) is 9.20. The number of aromatic nitrogens is 4. The van der Waals surface area contributed by atoms with Gasteiger partial charge >= 0.3 is 5.97 Å². The average Bonchev–Trinajstić information content (AvgIpc) is 2.87. The number of hydrogen-bond acceptors (Lipinski definition) is 5. The Bertz CT molecular complexity index is 550. The Morgan fingerprint density at radius 2 is 2.11 bits per heavy atom. The van der Waals surface area contributed by atoms with Crippen molar-refractivity contribution in [1.29, 1.82) is 0 Å². The number of aryl methyl sites for hydroxylation is 1. The second-order valence-corrected chi connectivity index (χ2v) is 3.95. The maximum absolute atomic E-state index is 10.5. The van der Waals surface area contributed by atoms with Crippen LogP contribution in [-0.2, 0) is 11.3 Å². The summed E-state index contributed by atoms with van der Waals surface area (Å²) >= 11 is 0. The molecule has 0 aliphatic heterocycles. The highest BCUT2D eigenvalue weighted by molar-refractivity contribution is 5.66. The van der Waals surface area contributed by atoms with E-state index in [-0.39, 0.29) is 6.42 Å². The van der Waals surface area contributed by atoms with Gasteiger partial charge in [-0.3, -0.25) is 4.79 Å². The Morgan fingerprint density at radius 1 is 1.37 bits per heavy atom. The first kappa shape index (κ1) is 13.0. The van der Waals surface area contributed by atoms with Gasteiger partial charge in [0.15, 0.2) is 5.82 Å². The summed E-state index contributed by atoms with van der Waals surface area (Å²) < 4.78 is 6.69. The van der Waals surface area contributed by atoms with E-state index < -0.39 is 5.97 Å². The van der Waals surface area contributed by atoms with Gasteiger partial charge in [-0.25, -0.2) is 4.68 Å². The minimum Gasteiger partial charge on any atom is -0.497 e. The topological polar surface area (TPSA) is 90.1 Å². The molecule has 1 aromatic carbocycles. The van der Waals surface area contributed by atoms with Crippen molar-refractivity contribution >= 4 is 5.97 Å². The highest BCUT2D eigenvalue weighted by atomic mass is 16.5. The smallest absolute Gasteiger partial charge is 0.303 e. The number of carbonyl (C=O) groups is 1. The number of rotatable bonds is 6. The summed E-state index contributed by atoms with van der Waals surface area (Å²) in [5.41, 5.74) is 0.862. The largest absolute Gasteiger partial charge is 0.497 e. The molecule has 0 amide bonds. The number of ether oxygens (including phenoxy) is 1. The monoisotopic (exact) mass is 262 g/mol. The number of carboxylic acids is 1. The Kier molecular flexibility index (Phi) is 4.07. The fourth-order valence-electron chi connectivity index (χ4n) is 1.68. The van der Waals surface area contributed by atoms with Gasteiger partial charge in [0, 0.05) is 18.5 Å². The van der Waals surface area contributed by atoms with Crippen molar-refractivity contribution < 1.29 is 14.6 Å².